The van der Waals surface area contributed by atoms with Crippen molar-refractivity contribution in [2.45, 2.75) is 111 Å². The number of carbonyl (C=O) groups excluding carboxylic acids is 5. The van der Waals surface area contributed by atoms with Crippen molar-refractivity contribution in [3.05, 3.63) is 47.4 Å². The number of esters is 1. The fourth-order valence-electron chi connectivity index (χ4n) is 3.94. The molecule has 0 aliphatic rings. The predicted molar refractivity (Wildman–Crippen MR) is 174 cm³/mol. The topological polar surface area (TPSA) is 186 Å². The second-order valence-electron chi connectivity index (χ2n) is 13.1. The minimum atomic E-state index is -3.43. The van der Waals surface area contributed by atoms with Gasteiger partial charge in [0.25, 0.3) is 0 Å². The lowest BCUT2D eigenvalue weighted by Crippen LogP contribution is -2.54. The fourth-order valence-corrected chi connectivity index (χ4v) is 4.41. The molecule has 3 atom stereocenters. The van der Waals surface area contributed by atoms with Gasteiger partial charge in [-0.3, -0.25) is 14.4 Å². The molecular weight excluding hydrogens is 616 g/mol. The smallest absolute Gasteiger partial charge is 0.408 e. The van der Waals surface area contributed by atoms with Gasteiger partial charge in [-0.1, -0.05) is 50.3 Å². The number of sulfone groups is 1. The molecule has 14 heteroatoms. The second-order valence-corrected chi connectivity index (χ2v) is 15.0. The Morgan fingerprint density at radius 2 is 1.50 bits per heavy atom. The minimum absolute atomic E-state index is 0.0668. The second kappa shape index (κ2) is 17.7. The van der Waals surface area contributed by atoms with Crippen molar-refractivity contribution in [3.63, 3.8) is 0 Å². The van der Waals surface area contributed by atoms with Crippen LogP contribution >= 0.6 is 0 Å². The van der Waals surface area contributed by atoms with Crippen LogP contribution < -0.4 is 21.3 Å². The van der Waals surface area contributed by atoms with Gasteiger partial charge in [-0.05, 0) is 65.9 Å². The van der Waals surface area contributed by atoms with Gasteiger partial charge in [0, 0.05) is 24.1 Å². The summed E-state index contributed by atoms with van der Waals surface area (Å²) in [6.45, 7) is 13.3. The Morgan fingerprint density at radius 3 is 2.04 bits per heavy atom. The molecule has 0 bridgehead atoms. The van der Waals surface area contributed by atoms with Crippen molar-refractivity contribution in [2.75, 3.05) is 6.26 Å². The van der Waals surface area contributed by atoms with Gasteiger partial charge in [0.1, 0.15) is 29.8 Å². The average Bonchev–Trinajstić information content (AvgIpc) is 2.91. The largest absolute Gasteiger partial charge is 0.458 e. The summed E-state index contributed by atoms with van der Waals surface area (Å²) in [6.07, 6.45) is 1.49. The highest BCUT2D eigenvalue weighted by atomic mass is 32.2. The number of nitrogens with one attached hydrogen (secondary N) is 4. The highest BCUT2D eigenvalue weighted by molar-refractivity contribution is 7.93. The molecule has 0 radical (unpaired) electrons. The molecule has 0 aliphatic heterocycles. The van der Waals surface area contributed by atoms with Crippen LogP contribution in [0.1, 0.15) is 80.2 Å². The summed E-state index contributed by atoms with van der Waals surface area (Å²) < 4.78 is 33.8. The van der Waals surface area contributed by atoms with Crippen LogP contribution in [0.4, 0.5) is 4.79 Å². The van der Waals surface area contributed by atoms with Gasteiger partial charge >= 0.3 is 12.1 Å². The SMILES string of the molecule is CC(C)C[C@@H](/C=C/S(C)(=O)=O)NC(=O)[C@H](C)NC(=O)[C@H](CCC(=O)NC(C)(C)C(=O)OC(C)(C)C)NC(=O)OCc1ccccc1. The lowest BCUT2D eigenvalue weighted by Gasteiger charge is -2.29. The summed E-state index contributed by atoms with van der Waals surface area (Å²) in [5, 5.41) is 11.3. The van der Waals surface area contributed by atoms with Crippen LogP contribution in [0.2, 0.25) is 0 Å². The molecule has 0 saturated heterocycles. The third-order valence-corrected chi connectivity index (χ3v) is 6.86. The van der Waals surface area contributed by atoms with Gasteiger partial charge in [-0.15, -0.1) is 0 Å². The Labute approximate surface area is 272 Å². The standard InChI is InChI=1S/C32H50N4O9S/c1-21(2)19-24(17-18-46(9,42)43)34-27(38)22(3)33-28(39)25(35-30(41)44-20-23-13-11-10-12-14-23)15-16-26(37)36-32(7,8)29(40)45-31(4,5)6/h10-14,17-18,21-22,24-25H,15-16,19-20H2,1-9H3,(H,33,39)(H,34,38)(H,35,41)(H,36,37)/b18-17+/t22-,24+,25-/m0/s1. The van der Waals surface area contributed by atoms with Gasteiger partial charge in [0.15, 0.2) is 9.84 Å². The van der Waals surface area contributed by atoms with Crippen molar-refractivity contribution in [3.8, 4) is 0 Å². The fraction of sp³-hybridized carbons (Fsp3) is 0.594. The molecule has 0 unspecified atom stereocenters. The third-order valence-electron chi connectivity index (χ3n) is 6.21. The van der Waals surface area contributed by atoms with Crippen molar-refractivity contribution >= 4 is 39.6 Å². The highest BCUT2D eigenvalue weighted by Crippen LogP contribution is 2.15. The zero-order valence-corrected chi connectivity index (χ0v) is 29.1. The Kier molecular flexibility index (Phi) is 15.4. The van der Waals surface area contributed by atoms with E-state index in [1.165, 1.54) is 26.8 Å². The molecule has 4 N–H and O–H groups in total. The normalized spacial score (nSPS) is 14.1. The van der Waals surface area contributed by atoms with Gasteiger partial charge in [0.2, 0.25) is 17.7 Å². The van der Waals surface area contributed by atoms with E-state index in [4.69, 9.17) is 9.47 Å². The first kappa shape index (κ1) is 40.1. The Hall–Kier alpha value is -3.94. The van der Waals surface area contributed by atoms with E-state index in [2.05, 4.69) is 21.3 Å². The predicted octanol–water partition coefficient (Wildman–Crippen LogP) is 2.89. The Bertz CT molecular complexity index is 1340. The maximum atomic E-state index is 13.3. The van der Waals surface area contributed by atoms with Crippen LogP contribution in [0.5, 0.6) is 0 Å². The molecule has 1 aromatic rings. The van der Waals surface area contributed by atoms with E-state index in [1.54, 1.807) is 45.0 Å². The molecule has 258 valence electrons. The molecule has 0 aliphatic carbocycles. The molecule has 0 fully saturated rings. The van der Waals surface area contributed by atoms with Crippen molar-refractivity contribution in [2.24, 2.45) is 5.92 Å². The van der Waals surface area contributed by atoms with Crippen molar-refractivity contribution in [1.29, 1.82) is 0 Å². The molecule has 46 heavy (non-hydrogen) atoms. The van der Waals surface area contributed by atoms with Gasteiger partial charge in [0.05, 0.1) is 0 Å². The van der Waals surface area contributed by atoms with E-state index in [-0.39, 0.29) is 25.4 Å². The minimum Gasteiger partial charge on any atom is -0.458 e. The van der Waals surface area contributed by atoms with E-state index >= 15 is 0 Å². The quantitative estimate of drug-likeness (QED) is 0.193. The third kappa shape index (κ3) is 16.9. The number of hydrogen-bond donors (Lipinski definition) is 4. The van der Waals surface area contributed by atoms with Gasteiger partial charge < -0.3 is 30.7 Å². The van der Waals surface area contributed by atoms with Crippen molar-refractivity contribution < 1.29 is 41.9 Å². The molecule has 0 heterocycles. The first-order chi connectivity index (χ1) is 21.1. The Morgan fingerprint density at radius 1 is 0.891 bits per heavy atom. The molecule has 0 saturated carbocycles. The van der Waals surface area contributed by atoms with Crippen molar-refractivity contribution in [1.82, 2.24) is 21.3 Å². The lowest BCUT2D eigenvalue weighted by molar-refractivity contribution is -0.163. The summed E-state index contributed by atoms with van der Waals surface area (Å²) in [5.74, 6) is -2.44. The number of rotatable bonds is 16. The molecular formula is C32H50N4O9S. The van der Waals surface area contributed by atoms with E-state index in [0.29, 0.717) is 12.0 Å². The number of amides is 4. The maximum absolute atomic E-state index is 13.3. The molecule has 1 aromatic carbocycles. The van der Waals surface area contributed by atoms with Crippen LogP contribution in [0, 0.1) is 5.92 Å². The average molecular weight is 667 g/mol. The first-order valence-electron chi connectivity index (χ1n) is 15.1. The summed E-state index contributed by atoms with van der Waals surface area (Å²) >= 11 is 0. The Balaban J connectivity index is 3.00. The van der Waals surface area contributed by atoms with E-state index < -0.39 is 68.9 Å². The highest BCUT2D eigenvalue weighted by Gasteiger charge is 2.34. The van der Waals surface area contributed by atoms with Crippen LogP contribution in [0.25, 0.3) is 0 Å². The lowest BCUT2D eigenvalue weighted by atomic mass is 10.0. The number of carbonyl (C=O) groups is 5. The zero-order chi connectivity index (χ0) is 35.3. The van der Waals surface area contributed by atoms with E-state index in [0.717, 1.165) is 11.7 Å². The molecule has 0 aromatic heterocycles. The summed E-state index contributed by atoms with van der Waals surface area (Å²) in [4.78, 5) is 64.3. The van der Waals surface area contributed by atoms with E-state index in [9.17, 15) is 32.4 Å². The van der Waals surface area contributed by atoms with Crippen LogP contribution in [-0.4, -0.2) is 73.7 Å². The van der Waals surface area contributed by atoms with Gasteiger partial charge in [-0.2, -0.15) is 0 Å². The molecule has 0 spiro atoms. The molecule has 1 rings (SSSR count). The van der Waals surface area contributed by atoms with Crippen LogP contribution in [0.15, 0.2) is 41.8 Å². The summed E-state index contributed by atoms with van der Waals surface area (Å²) in [7, 11) is -3.43. The monoisotopic (exact) mass is 666 g/mol. The first-order valence-corrected chi connectivity index (χ1v) is 17.0. The van der Waals surface area contributed by atoms with Gasteiger partial charge in [-0.25, -0.2) is 18.0 Å². The molecule has 4 amide bonds. The zero-order valence-electron chi connectivity index (χ0n) is 28.3. The number of hydrogen-bond acceptors (Lipinski definition) is 9. The van der Waals surface area contributed by atoms with Crippen LogP contribution in [0.3, 0.4) is 0 Å². The number of alkyl carbamates (subject to hydrolysis) is 1. The number of ether oxygens (including phenoxy) is 2. The summed E-state index contributed by atoms with van der Waals surface area (Å²) in [5.41, 5.74) is -1.42. The maximum Gasteiger partial charge on any atom is 0.408 e. The summed E-state index contributed by atoms with van der Waals surface area (Å²) in [6, 6.07) is 5.89. The molecule has 13 nitrogen and oxygen atoms in total. The van der Waals surface area contributed by atoms with E-state index in [1.807, 2.05) is 19.9 Å². The van der Waals surface area contributed by atoms with Crippen LogP contribution in [-0.2, 0) is 45.1 Å². The number of benzene rings is 1.